The minimum absolute atomic E-state index is 0.0715. The number of alkyl halides is 3. The molecule has 0 amide bonds. The van der Waals surface area contributed by atoms with Crippen molar-refractivity contribution >= 4 is 5.69 Å². The van der Waals surface area contributed by atoms with Gasteiger partial charge >= 0.3 is 6.18 Å². The van der Waals surface area contributed by atoms with E-state index in [0.29, 0.717) is 30.0 Å². The number of nitrogens with zero attached hydrogens (tertiary/aromatic N) is 2. The highest BCUT2D eigenvalue weighted by Crippen LogP contribution is 2.56. The summed E-state index contributed by atoms with van der Waals surface area (Å²) in [6.07, 6.45) is -3.04. The van der Waals surface area contributed by atoms with Crippen molar-refractivity contribution in [2.45, 2.75) is 31.2 Å². The maximum atomic E-state index is 13.1. The molecule has 116 valence electrons. The van der Waals surface area contributed by atoms with Gasteiger partial charge in [0.1, 0.15) is 0 Å². The number of hydrogen-bond acceptors (Lipinski definition) is 3. The first-order valence-electron chi connectivity index (χ1n) is 7.46. The van der Waals surface area contributed by atoms with Gasteiger partial charge in [0.05, 0.1) is 29.3 Å². The van der Waals surface area contributed by atoms with Crippen LogP contribution in [0.1, 0.15) is 24.0 Å². The van der Waals surface area contributed by atoms with Crippen molar-refractivity contribution in [2.75, 3.05) is 11.4 Å². The average Bonchev–Trinajstić information content (AvgIpc) is 3.07. The molecule has 1 heterocycles. The molecule has 5 atom stereocenters. The summed E-state index contributed by atoms with van der Waals surface area (Å²) in [5.41, 5.74) is -0.788. The molecule has 0 aromatic heterocycles. The third-order valence-electron chi connectivity index (χ3n) is 5.61. The Morgan fingerprint density at radius 1 is 1.23 bits per heavy atom. The zero-order valence-electron chi connectivity index (χ0n) is 11.7. The second kappa shape index (κ2) is 4.39. The Kier molecular flexibility index (Phi) is 2.77. The van der Waals surface area contributed by atoms with Gasteiger partial charge in [0, 0.05) is 12.2 Å². The zero-order valence-corrected chi connectivity index (χ0v) is 11.7. The summed E-state index contributed by atoms with van der Waals surface area (Å²) in [5, 5.41) is 19.2. The van der Waals surface area contributed by atoms with Crippen molar-refractivity contribution in [1.82, 2.24) is 0 Å². The summed E-state index contributed by atoms with van der Waals surface area (Å²) in [7, 11) is 0. The van der Waals surface area contributed by atoms with Crippen LogP contribution < -0.4 is 4.90 Å². The van der Waals surface area contributed by atoms with Crippen molar-refractivity contribution in [1.29, 1.82) is 5.26 Å². The highest BCUT2D eigenvalue weighted by molar-refractivity contribution is 5.57. The Hall–Kier alpha value is -1.74. The van der Waals surface area contributed by atoms with Crippen LogP contribution in [0.4, 0.5) is 18.9 Å². The topological polar surface area (TPSA) is 47.3 Å². The molecule has 6 heteroatoms. The van der Waals surface area contributed by atoms with Crippen LogP contribution in [0, 0.1) is 29.1 Å². The lowest BCUT2D eigenvalue weighted by Gasteiger charge is -2.31. The Morgan fingerprint density at radius 2 is 2.00 bits per heavy atom. The molecule has 2 aliphatic carbocycles. The summed E-state index contributed by atoms with van der Waals surface area (Å²) in [5.74, 6) is 1.17. The fourth-order valence-electron chi connectivity index (χ4n) is 4.75. The molecule has 3 nitrogen and oxygen atoms in total. The SMILES string of the molecule is N#Cc1ccc(N2C[C@@H]3C[C@H]4C[C@H]3[C@@H]2[C@H]4O)cc1C(F)(F)F. The number of fused-ring (bicyclic) bond motifs is 1. The van der Waals surface area contributed by atoms with E-state index in [2.05, 4.69) is 0 Å². The lowest BCUT2D eigenvalue weighted by Crippen LogP contribution is -2.40. The van der Waals surface area contributed by atoms with Crippen molar-refractivity contribution in [3.05, 3.63) is 29.3 Å². The number of aliphatic hydroxyl groups is 1. The molecule has 1 N–H and O–H groups in total. The van der Waals surface area contributed by atoms with Gasteiger partial charge in [-0.3, -0.25) is 0 Å². The van der Waals surface area contributed by atoms with Gasteiger partial charge in [-0.1, -0.05) is 0 Å². The summed E-state index contributed by atoms with van der Waals surface area (Å²) >= 11 is 0. The minimum atomic E-state index is -4.55. The zero-order chi connectivity index (χ0) is 15.6. The summed E-state index contributed by atoms with van der Waals surface area (Å²) in [6.45, 7) is 0.700. The van der Waals surface area contributed by atoms with Crippen LogP contribution in [-0.4, -0.2) is 23.8 Å². The van der Waals surface area contributed by atoms with Crippen molar-refractivity contribution in [2.24, 2.45) is 17.8 Å². The van der Waals surface area contributed by atoms with E-state index in [0.717, 1.165) is 18.9 Å². The predicted octanol–water partition coefficient (Wildman–Crippen LogP) is 2.78. The van der Waals surface area contributed by atoms with Crippen LogP contribution in [0.5, 0.6) is 0 Å². The maximum Gasteiger partial charge on any atom is 0.417 e. The van der Waals surface area contributed by atoms with Gasteiger partial charge in [-0.2, -0.15) is 18.4 Å². The monoisotopic (exact) mass is 308 g/mol. The summed E-state index contributed by atoms with van der Waals surface area (Å²) in [4.78, 5) is 1.92. The molecule has 0 unspecified atom stereocenters. The third-order valence-corrected chi connectivity index (χ3v) is 5.61. The van der Waals surface area contributed by atoms with E-state index in [9.17, 15) is 18.3 Å². The normalized spacial score (nSPS) is 36.0. The molecule has 1 aromatic rings. The number of anilines is 1. The second-order valence-corrected chi connectivity index (χ2v) is 6.63. The van der Waals surface area contributed by atoms with E-state index in [-0.39, 0.29) is 11.6 Å². The number of benzene rings is 1. The highest BCUT2D eigenvalue weighted by Gasteiger charge is 2.59. The van der Waals surface area contributed by atoms with E-state index >= 15 is 0 Å². The molecular formula is C16H15F3N2O. The molecule has 0 radical (unpaired) electrons. The van der Waals surface area contributed by atoms with Gasteiger partial charge in [-0.25, -0.2) is 0 Å². The molecule has 2 saturated carbocycles. The van der Waals surface area contributed by atoms with Crippen LogP contribution in [0.15, 0.2) is 18.2 Å². The molecule has 3 aliphatic rings. The van der Waals surface area contributed by atoms with Crippen molar-refractivity contribution < 1.29 is 18.3 Å². The number of hydrogen-bond donors (Lipinski definition) is 1. The number of nitriles is 1. The lowest BCUT2D eigenvalue weighted by molar-refractivity contribution is -0.137. The number of halogens is 3. The molecule has 4 rings (SSSR count). The van der Waals surface area contributed by atoms with Crippen LogP contribution in [-0.2, 0) is 6.18 Å². The molecule has 1 saturated heterocycles. The van der Waals surface area contributed by atoms with E-state index in [1.54, 1.807) is 12.1 Å². The van der Waals surface area contributed by atoms with Crippen LogP contribution in [0.2, 0.25) is 0 Å². The summed E-state index contributed by atoms with van der Waals surface area (Å²) in [6, 6.07) is 5.39. The van der Waals surface area contributed by atoms with Gasteiger partial charge in [-0.05, 0) is 48.8 Å². The second-order valence-electron chi connectivity index (χ2n) is 6.63. The lowest BCUT2D eigenvalue weighted by atomic mass is 9.88. The Morgan fingerprint density at radius 3 is 2.64 bits per heavy atom. The molecule has 1 aromatic carbocycles. The first-order valence-corrected chi connectivity index (χ1v) is 7.46. The summed E-state index contributed by atoms with van der Waals surface area (Å²) < 4.78 is 39.3. The fourth-order valence-corrected chi connectivity index (χ4v) is 4.75. The van der Waals surface area contributed by atoms with Crippen molar-refractivity contribution in [3.8, 4) is 6.07 Å². The van der Waals surface area contributed by atoms with Crippen molar-refractivity contribution in [3.63, 3.8) is 0 Å². The Labute approximate surface area is 126 Å². The number of rotatable bonds is 1. The molecule has 2 bridgehead atoms. The van der Waals surface area contributed by atoms with Crippen LogP contribution in [0.25, 0.3) is 0 Å². The number of aliphatic hydroxyl groups excluding tert-OH is 1. The van der Waals surface area contributed by atoms with Crippen LogP contribution >= 0.6 is 0 Å². The van der Waals surface area contributed by atoms with E-state index in [1.807, 2.05) is 4.90 Å². The van der Waals surface area contributed by atoms with E-state index in [1.165, 1.54) is 6.07 Å². The highest BCUT2D eigenvalue weighted by atomic mass is 19.4. The third kappa shape index (κ3) is 1.78. The predicted molar refractivity (Wildman–Crippen MR) is 73.0 cm³/mol. The van der Waals surface area contributed by atoms with Gasteiger partial charge in [0.2, 0.25) is 0 Å². The van der Waals surface area contributed by atoms with Gasteiger partial charge in [-0.15, -0.1) is 0 Å². The average molecular weight is 308 g/mol. The van der Waals surface area contributed by atoms with Gasteiger partial charge in [0.25, 0.3) is 0 Å². The first-order chi connectivity index (χ1) is 10.4. The van der Waals surface area contributed by atoms with E-state index < -0.39 is 17.8 Å². The Bertz CT molecular complexity index is 664. The Balaban J connectivity index is 1.74. The smallest absolute Gasteiger partial charge is 0.391 e. The quantitative estimate of drug-likeness (QED) is 0.868. The molecular weight excluding hydrogens is 293 g/mol. The molecule has 22 heavy (non-hydrogen) atoms. The first kappa shape index (κ1) is 13.9. The molecule has 3 fully saturated rings. The van der Waals surface area contributed by atoms with Gasteiger partial charge in [0.15, 0.2) is 0 Å². The largest absolute Gasteiger partial charge is 0.417 e. The van der Waals surface area contributed by atoms with Crippen LogP contribution in [0.3, 0.4) is 0 Å². The molecule has 1 aliphatic heterocycles. The molecule has 0 spiro atoms. The minimum Gasteiger partial charge on any atom is -0.391 e. The van der Waals surface area contributed by atoms with E-state index in [4.69, 9.17) is 5.26 Å². The van der Waals surface area contributed by atoms with Gasteiger partial charge < -0.3 is 10.0 Å². The fraction of sp³-hybridized carbons (Fsp3) is 0.562. The maximum absolute atomic E-state index is 13.1. The standard InChI is InChI=1S/C16H15F3N2O/c17-16(18,19)13-5-11(2-1-8(13)6-20)21-7-10-3-9-4-12(10)14(21)15(9)22/h1-2,5,9-10,12,14-15,22H,3-4,7H2/t9-,10-,12+,14+,15-/m0/s1.